The number of hydrogen-bond donors (Lipinski definition) is 0. The van der Waals surface area contributed by atoms with Gasteiger partial charge in [0, 0.05) is 15.2 Å². The van der Waals surface area contributed by atoms with Crippen LogP contribution in [0.5, 0.6) is 0 Å². The topological polar surface area (TPSA) is 9.23 Å². The molecule has 2 aromatic carbocycles. The summed E-state index contributed by atoms with van der Waals surface area (Å²) in [7, 11) is -11.4. The first-order valence-electron chi connectivity index (χ1n) is 15.6. The van der Waals surface area contributed by atoms with Crippen LogP contribution in [0.15, 0.2) is 82.8 Å². The minimum absolute atomic E-state index is 0.0167. The highest BCUT2D eigenvalue weighted by atomic mass is 29.6. The second-order valence-electron chi connectivity index (χ2n) is 17.6. The Kier molecular flexibility index (Phi) is 9.27. The van der Waals surface area contributed by atoms with Crippen LogP contribution >= 0.6 is 0 Å². The summed E-state index contributed by atoms with van der Waals surface area (Å²) >= 11 is 0. The Morgan fingerprint density at radius 3 is 1.41 bits per heavy atom. The summed E-state index contributed by atoms with van der Waals surface area (Å²) in [5.74, 6) is 0. The maximum Gasteiger partial charge on any atom is 0.184 e. The quantitative estimate of drug-likeness (QED) is 0.246. The molecule has 0 aromatic heterocycles. The molecule has 0 spiro atoms. The third kappa shape index (κ3) is 5.74. The Balaban J connectivity index is 2.60. The van der Waals surface area contributed by atoms with Gasteiger partial charge in [-0.15, -0.1) is 0 Å². The Morgan fingerprint density at radius 2 is 1.05 bits per heavy atom. The van der Waals surface area contributed by atoms with E-state index in [-0.39, 0.29) is 10.6 Å². The van der Waals surface area contributed by atoms with Crippen LogP contribution in [0.1, 0.15) is 20.8 Å². The van der Waals surface area contributed by atoms with Gasteiger partial charge in [0.25, 0.3) is 0 Å². The van der Waals surface area contributed by atoms with Gasteiger partial charge in [-0.1, -0.05) is 174 Å². The molecule has 1 aliphatic heterocycles. The molecule has 7 heteroatoms. The van der Waals surface area contributed by atoms with Crippen molar-refractivity contribution in [3.63, 3.8) is 0 Å². The monoisotopic (exact) mass is 652 g/mol. The lowest BCUT2D eigenvalue weighted by Gasteiger charge is -2.76. The molecule has 226 valence electrons. The molecular formula is C34H60OSi6. The van der Waals surface area contributed by atoms with Gasteiger partial charge in [0.1, 0.15) is 23.3 Å². The van der Waals surface area contributed by atoms with Gasteiger partial charge in [-0.2, -0.15) is 0 Å². The largest absolute Gasteiger partial charge is 0.411 e. The van der Waals surface area contributed by atoms with Crippen LogP contribution in [0.3, 0.4) is 0 Å². The maximum absolute atomic E-state index is 7.94. The molecule has 0 aliphatic carbocycles. The predicted molar refractivity (Wildman–Crippen MR) is 202 cm³/mol. The summed E-state index contributed by atoms with van der Waals surface area (Å²) in [5, 5.41) is 2.93. The first-order chi connectivity index (χ1) is 18.4. The molecule has 1 unspecified atom stereocenters. The molecule has 1 heterocycles. The van der Waals surface area contributed by atoms with E-state index in [1.165, 1.54) is 5.19 Å². The van der Waals surface area contributed by atoms with Crippen molar-refractivity contribution in [2.45, 2.75) is 111 Å². The second-order valence-corrected chi connectivity index (χ2v) is 57.9. The first kappa shape index (κ1) is 34.7. The smallest absolute Gasteiger partial charge is 0.184 e. The lowest BCUT2D eigenvalue weighted by atomic mass is 9.83. The molecule has 0 radical (unpaired) electrons. The summed E-state index contributed by atoms with van der Waals surface area (Å²) in [4.78, 5) is 1.96. The molecule has 0 amide bonds. The molecule has 0 saturated carbocycles. The van der Waals surface area contributed by atoms with Crippen molar-refractivity contribution in [3.05, 3.63) is 82.8 Å². The van der Waals surface area contributed by atoms with Gasteiger partial charge in [0.2, 0.25) is 0 Å². The molecule has 3 rings (SSSR count). The van der Waals surface area contributed by atoms with E-state index in [9.17, 15) is 0 Å². The summed E-state index contributed by atoms with van der Waals surface area (Å²) in [6.07, 6.45) is 2.66. The number of benzene rings is 2. The lowest BCUT2D eigenvalue weighted by Crippen LogP contribution is -2.95. The molecule has 0 N–H and O–H groups in total. The molecule has 0 saturated heterocycles. The fourth-order valence-corrected chi connectivity index (χ4v) is 83.8. The van der Waals surface area contributed by atoms with Crippen LogP contribution in [0.4, 0.5) is 0 Å². The van der Waals surface area contributed by atoms with Crippen molar-refractivity contribution < 1.29 is 4.43 Å². The molecular weight excluding hydrogens is 593 g/mol. The van der Waals surface area contributed by atoms with Crippen LogP contribution in [0.2, 0.25) is 85.1 Å². The summed E-state index contributed by atoms with van der Waals surface area (Å²) in [6, 6.07) is 22.8. The van der Waals surface area contributed by atoms with E-state index in [0.717, 1.165) is 0 Å². The van der Waals surface area contributed by atoms with Crippen molar-refractivity contribution >= 4 is 57.1 Å². The van der Waals surface area contributed by atoms with Crippen LogP contribution in [-0.2, 0) is 4.43 Å². The van der Waals surface area contributed by atoms with Gasteiger partial charge in [-0.3, -0.25) is 0 Å². The normalized spacial score (nSPS) is 20.9. The summed E-state index contributed by atoms with van der Waals surface area (Å²) in [5.41, 5.74) is 4.29. The first-order valence-corrected chi connectivity index (χ1v) is 36.1. The number of rotatable bonds is 9. The molecule has 1 aliphatic rings. The van der Waals surface area contributed by atoms with Gasteiger partial charge < -0.3 is 4.43 Å². The molecule has 0 fully saturated rings. The lowest BCUT2D eigenvalue weighted by molar-refractivity contribution is 0.0583. The Labute approximate surface area is 259 Å². The minimum atomic E-state index is -2.16. The fourth-order valence-electron chi connectivity index (χ4n) is 8.60. The van der Waals surface area contributed by atoms with Crippen LogP contribution < -0.4 is 10.4 Å². The van der Waals surface area contributed by atoms with Gasteiger partial charge in [-0.05, 0) is 30.6 Å². The molecule has 1 nitrogen and oxygen atoms in total. The van der Waals surface area contributed by atoms with Crippen LogP contribution in [0, 0.1) is 5.41 Å². The van der Waals surface area contributed by atoms with Crippen molar-refractivity contribution in [1.29, 1.82) is 0 Å². The summed E-state index contributed by atoms with van der Waals surface area (Å²) < 4.78 is 7.94. The highest BCUT2D eigenvalue weighted by Crippen LogP contribution is 2.65. The predicted octanol–water partition coefficient (Wildman–Crippen LogP) is 9.16. The fraction of sp³-hybridized carbons (Fsp3) is 0.529. The average Bonchev–Trinajstić information content (AvgIpc) is 2.79. The molecule has 1 atom stereocenters. The molecule has 0 bridgehead atoms. The SMILES string of the molecule is CC(C)(C)C1(O[Si](C)(C)C)C(/C=C/[Si](C)(C)c2ccccc2)=C([Si](C)(C)c2ccccc2)[Si]1([Si](C)(C)C)[Si](C)(C)C. The van der Waals surface area contributed by atoms with E-state index in [0.29, 0.717) is 0 Å². The van der Waals surface area contributed by atoms with E-state index in [1.54, 1.807) is 10.8 Å². The van der Waals surface area contributed by atoms with Crippen LogP contribution in [-0.4, -0.2) is 52.0 Å². The van der Waals surface area contributed by atoms with Crippen molar-refractivity contribution in [2.75, 3.05) is 0 Å². The minimum Gasteiger partial charge on any atom is -0.411 e. The zero-order valence-electron chi connectivity index (χ0n) is 29.3. The zero-order chi connectivity index (χ0) is 31.5. The third-order valence-corrected chi connectivity index (χ3v) is 59.7. The van der Waals surface area contributed by atoms with Gasteiger partial charge >= 0.3 is 0 Å². The van der Waals surface area contributed by atoms with Gasteiger partial charge in [-0.25, -0.2) is 0 Å². The Bertz CT molecular complexity index is 1270. The van der Waals surface area contributed by atoms with E-state index >= 15 is 0 Å². The highest BCUT2D eigenvalue weighted by Gasteiger charge is 2.80. The average molecular weight is 653 g/mol. The van der Waals surface area contributed by atoms with Crippen LogP contribution in [0.25, 0.3) is 0 Å². The van der Waals surface area contributed by atoms with Crippen molar-refractivity contribution in [2.24, 2.45) is 5.41 Å². The molecule has 41 heavy (non-hydrogen) atoms. The standard InChI is InChI=1S/C34H60OSi6/c1-33(2,3)34(35-36(4,5)6)31(27-28-39(13,14)29-23-19-17-20-24-29)32(40(15,16)30-25-21-18-22-26-30)41(34,37(7,8)9)38(10,11)12/h17-28H,1-16H3/b28-27+. The van der Waals surface area contributed by atoms with Gasteiger partial charge in [0.05, 0.1) is 5.22 Å². The van der Waals surface area contributed by atoms with Crippen molar-refractivity contribution in [1.82, 2.24) is 0 Å². The summed E-state index contributed by atoms with van der Waals surface area (Å²) in [6.45, 7) is 41.6. The van der Waals surface area contributed by atoms with E-state index in [1.807, 2.05) is 4.82 Å². The Hall–Kier alpha value is -0.819. The van der Waals surface area contributed by atoms with E-state index < -0.39 is 46.8 Å². The molecule has 2 aromatic rings. The van der Waals surface area contributed by atoms with Gasteiger partial charge in [0.15, 0.2) is 8.32 Å². The zero-order valence-corrected chi connectivity index (χ0v) is 35.3. The third-order valence-electron chi connectivity index (χ3n) is 9.62. The number of hydrogen-bond acceptors (Lipinski definition) is 1. The van der Waals surface area contributed by atoms with E-state index in [4.69, 9.17) is 4.43 Å². The van der Waals surface area contributed by atoms with Crippen molar-refractivity contribution in [3.8, 4) is 0 Å². The highest BCUT2D eigenvalue weighted by molar-refractivity contribution is 7.75. The Morgan fingerprint density at radius 1 is 0.634 bits per heavy atom. The maximum atomic E-state index is 7.94. The van der Waals surface area contributed by atoms with E-state index in [2.05, 4.69) is 178 Å². The second kappa shape index (κ2) is 11.0.